The summed E-state index contributed by atoms with van der Waals surface area (Å²) in [6.07, 6.45) is 16.1. The molecule has 3 aromatic rings. The molecule has 3 aromatic carbocycles. The summed E-state index contributed by atoms with van der Waals surface area (Å²) in [5.41, 5.74) is 4.44. The molecular weight excluding hydrogens is 540 g/mol. The molecule has 0 radical (unpaired) electrons. The van der Waals surface area contributed by atoms with E-state index < -0.39 is 0 Å². The first-order chi connectivity index (χ1) is 21.5. The van der Waals surface area contributed by atoms with Gasteiger partial charge in [0.05, 0.1) is 23.3 Å². The van der Waals surface area contributed by atoms with Gasteiger partial charge in [-0.05, 0) is 178 Å². The van der Waals surface area contributed by atoms with E-state index in [0.717, 1.165) is 58.5 Å². The standard InChI is InChI=1S/C40H40N2O2/c41-23-25-1-5-33(6-2-25)43-37-16-38(44-34-7-3-26(24-42)4-8-34)36(40-20-30-12-31(21-40)14-32(13-30)22-40)15-35(37)39-17-27-9-28(18-39)11-29(10-27)19-39/h1-8,15-16,27-32H,9-14,17-22H2. The van der Waals surface area contributed by atoms with Gasteiger partial charge >= 0.3 is 0 Å². The molecule has 0 spiro atoms. The normalized spacial score (nSPS) is 35.7. The molecule has 0 saturated heterocycles. The molecule has 44 heavy (non-hydrogen) atoms. The van der Waals surface area contributed by atoms with Gasteiger partial charge in [0, 0.05) is 17.2 Å². The summed E-state index contributed by atoms with van der Waals surface area (Å²) in [7, 11) is 0. The molecule has 0 heterocycles. The highest BCUT2D eigenvalue weighted by atomic mass is 16.5. The third-order valence-corrected chi connectivity index (χ3v) is 12.7. The maximum absolute atomic E-state index is 9.39. The fourth-order valence-electron chi connectivity index (χ4n) is 11.9. The van der Waals surface area contributed by atoms with Crippen LogP contribution in [0.25, 0.3) is 0 Å². The second-order valence-corrected chi connectivity index (χ2v) is 15.7. The van der Waals surface area contributed by atoms with Crippen LogP contribution in [0.15, 0.2) is 60.7 Å². The van der Waals surface area contributed by atoms with Gasteiger partial charge in [-0.1, -0.05) is 0 Å². The van der Waals surface area contributed by atoms with E-state index in [4.69, 9.17) is 9.47 Å². The van der Waals surface area contributed by atoms with Crippen molar-refractivity contribution in [3.63, 3.8) is 0 Å². The minimum absolute atomic E-state index is 0.167. The molecule has 4 nitrogen and oxygen atoms in total. The Bertz CT molecular complexity index is 1500. The fourth-order valence-corrected chi connectivity index (χ4v) is 11.9. The van der Waals surface area contributed by atoms with E-state index in [1.54, 1.807) is 0 Å². The molecule has 0 aliphatic heterocycles. The number of hydrogen-bond donors (Lipinski definition) is 0. The number of benzene rings is 3. The van der Waals surface area contributed by atoms with Crippen LogP contribution in [-0.2, 0) is 10.8 Å². The zero-order valence-electron chi connectivity index (χ0n) is 25.4. The first-order valence-corrected chi connectivity index (χ1v) is 17.0. The van der Waals surface area contributed by atoms with Gasteiger partial charge in [0.1, 0.15) is 23.0 Å². The van der Waals surface area contributed by atoms with E-state index in [9.17, 15) is 10.5 Å². The Labute approximate surface area is 261 Å². The Morgan fingerprint density at radius 2 is 0.795 bits per heavy atom. The van der Waals surface area contributed by atoms with Crippen LogP contribution in [0.3, 0.4) is 0 Å². The lowest BCUT2D eigenvalue weighted by molar-refractivity contribution is -0.00937. The largest absolute Gasteiger partial charge is 0.457 e. The molecule has 8 saturated carbocycles. The molecule has 0 aromatic heterocycles. The average molecular weight is 581 g/mol. The zero-order valence-corrected chi connectivity index (χ0v) is 25.4. The van der Waals surface area contributed by atoms with E-state index in [-0.39, 0.29) is 10.8 Å². The van der Waals surface area contributed by atoms with Gasteiger partial charge in [-0.2, -0.15) is 10.5 Å². The number of nitriles is 2. The van der Waals surface area contributed by atoms with E-state index >= 15 is 0 Å². The van der Waals surface area contributed by atoms with Crippen LogP contribution < -0.4 is 9.47 Å². The van der Waals surface area contributed by atoms with Crippen LogP contribution in [0.5, 0.6) is 23.0 Å². The molecule has 8 aliphatic rings. The molecule has 0 N–H and O–H groups in total. The molecule has 0 amide bonds. The van der Waals surface area contributed by atoms with Crippen molar-refractivity contribution in [2.75, 3.05) is 0 Å². The second kappa shape index (κ2) is 9.87. The molecule has 8 aliphatic carbocycles. The molecule has 8 bridgehead atoms. The molecule has 222 valence electrons. The Balaban J connectivity index is 1.21. The maximum Gasteiger partial charge on any atom is 0.134 e. The quantitative estimate of drug-likeness (QED) is 0.291. The number of ether oxygens (including phenoxy) is 2. The summed E-state index contributed by atoms with van der Waals surface area (Å²) in [5, 5.41) is 18.8. The van der Waals surface area contributed by atoms with Crippen molar-refractivity contribution < 1.29 is 9.47 Å². The lowest BCUT2D eigenvalue weighted by atomic mass is 9.46. The van der Waals surface area contributed by atoms with Crippen molar-refractivity contribution in [2.24, 2.45) is 35.5 Å². The summed E-state index contributed by atoms with van der Waals surface area (Å²) in [6, 6.07) is 24.4. The van der Waals surface area contributed by atoms with Crippen LogP contribution in [0.1, 0.15) is 99.3 Å². The minimum atomic E-state index is 0.167. The number of nitrogens with zero attached hydrogens (tertiary/aromatic N) is 2. The minimum Gasteiger partial charge on any atom is -0.457 e. The van der Waals surface area contributed by atoms with Crippen molar-refractivity contribution in [3.05, 3.63) is 82.9 Å². The summed E-state index contributed by atoms with van der Waals surface area (Å²) in [6.45, 7) is 0. The van der Waals surface area contributed by atoms with E-state index in [1.165, 1.54) is 88.2 Å². The Morgan fingerprint density at radius 1 is 0.477 bits per heavy atom. The SMILES string of the molecule is N#Cc1ccc(Oc2cc(Oc3ccc(C#N)cc3)c(C34CC5CC(CC(C5)C3)C4)cc2C23CC4CC(CC(C4)C2)C3)cc1. The third-order valence-electron chi connectivity index (χ3n) is 12.7. The van der Waals surface area contributed by atoms with E-state index in [2.05, 4.69) is 24.3 Å². The molecule has 0 atom stereocenters. The summed E-state index contributed by atoms with van der Waals surface area (Å²) in [5.74, 6) is 8.39. The van der Waals surface area contributed by atoms with Crippen molar-refractivity contribution in [1.82, 2.24) is 0 Å². The Hall–Kier alpha value is -3.76. The predicted octanol–water partition coefficient (Wildman–Crippen LogP) is 9.95. The summed E-state index contributed by atoms with van der Waals surface area (Å²) in [4.78, 5) is 0. The van der Waals surface area contributed by atoms with Gasteiger partial charge in [-0.3, -0.25) is 0 Å². The van der Waals surface area contributed by atoms with Gasteiger partial charge in [-0.25, -0.2) is 0 Å². The molecule has 0 unspecified atom stereocenters. The zero-order chi connectivity index (χ0) is 29.5. The lowest BCUT2D eigenvalue weighted by Gasteiger charge is -2.58. The third kappa shape index (κ3) is 4.36. The topological polar surface area (TPSA) is 66.0 Å². The van der Waals surface area contributed by atoms with Gasteiger partial charge in [0.2, 0.25) is 0 Å². The van der Waals surface area contributed by atoms with Gasteiger partial charge in [0.25, 0.3) is 0 Å². The monoisotopic (exact) mass is 580 g/mol. The number of rotatable bonds is 6. The van der Waals surface area contributed by atoms with Gasteiger partial charge in [0.15, 0.2) is 0 Å². The van der Waals surface area contributed by atoms with Crippen molar-refractivity contribution in [2.45, 2.75) is 87.9 Å². The van der Waals surface area contributed by atoms with Crippen LogP contribution in [0.2, 0.25) is 0 Å². The maximum atomic E-state index is 9.39. The average Bonchev–Trinajstić information content (AvgIpc) is 3.00. The van der Waals surface area contributed by atoms with Crippen LogP contribution in [0.4, 0.5) is 0 Å². The predicted molar refractivity (Wildman–Crippen MR) is 169 cm³/mol. The highest BCUT2D eigenvalue weighted by Gasteiger charge is 2.55. The van der Waals surface area contributed by atoms with Gasteiger partial charge < -0.3 is 9.47 Å². The highest BCUT2D eigenvalue weighted by molar-refractivity contribution is 5.56. The molecule has 11 rings (SSSR count). The Kier molecular flexibility index (Phi) is 5.97. The number of hydrogen-bond acceptors (Lipinski definition) is 4. The smallest absolute Gasteiger partial charge is 0.134 e. The molecule has 8 fully saturated rings. The van der Waals surface area contributed by atoms with Crippen LogP contribution in [0, 0.1) is 58.2 Å². The van der Waals surface area contributed by atoms with Crippen molar-refractivity contribution >= 4 is 0 Å². The van der Waals surface area contributed by atoms with Crippen molar-refractivity contribution in [3.8, 4) is 35.1 Å². The summed E-state index contributed by atoms with van der Waals surface area (Å²) >= 11 is 0. The Morgan fingerprint density at radius 3 is 1.09 bits per heavy atom. The summed E-state index contributed by atoms with van der Waals surface area (Å²) < 4.78 is 13.7. The first-order valence-electron chi connectivity index (χ1n) is 17.0. The lowest BCUT2D eigenvalue weighted by Crippen LogP contribution is -2.50. The molecule has 4 heteroatoms. The van der Waals surface area contributed by atoms with Crippen molar-refractivity contribution in [1.29, 1.82) is 10.5 Å². The second-order valence-electron chi connectivity index (χ2n) is 15.7. The fraction of sp³-hybridized carbons (Fsp3) is 0.500. The van der Waals surface area contributed by atoms with E-state index in [1.807, 2.05) is 48.5 Å². The van der Waals surface area contributed by atoms with Gasteiger partial charge in [-0.15, -0.1) is 0 Å². The molecular formula is C40H40N2O2. The van der Waals surface area contributed by atoms with E-state index in [0.29, 0.717) is 11.1 Å². The van der Waals surface area contributed by atoms with Crippen LogP contribution >= 0.6 is 0 Å². The first kappa shape index (κ1) is 26.6. The van der Waals surface area contributed by atoms with Crippen LogP contribution in [-0.4, -0.2) is 0 Å². The highest BCUT2D eigenvalue weighted by Crippen LogP contribution is 2.66.